The van der Waals surface area contributed by atoms with Crippen LogP contribution >= 0.6 is 22.9 Å². The second-order valence-corrected chi connectivity index (χ2v) is 8.47. The molecule has 0 radical (unpaired) electrons. The van der Waals surface area contributed by atoms with E-state index in [1.165, 1.54) is 23.5 Å². The van der Waals surface area contributed by atoms with Crippen molar-refractivity contribution in [2.75, 3.05) is 5.32 Å². The number of carbonyl (C=O) groups is 1. The van der Waals surface area contributed by atoms with E-state index in [2.05, 4.69) is 20.4 Å². The summed E-state index contributed by atoms with van der Waals surface area (Å²) in [6.07, 6.45) is 0.426. The Balaban J connectivity index is 1.47. The van der Waals surface area contributed by atoms with Gasteiger partial charge >= 0.3 is 0 Å². The third-order valence-corrected chi connectivity index (χ3v) is 6.17. The van der Waals surface area contributed by atoms with E-state index in [9.17, 15) is 14.0 Å². The Morgan fingerprint density at radius 2 is 2.13 bits per heavy atom. The van der Waals surface area contributed by atoms with Crippen LogP contribution in [0.3, 0.4) is 0 Å². The van der Waals surface area contributed by atoms with Crippen LogP contribution < -0.4 is 10.9 Å². The van der Waals surface area contributed by atoms with Crippen molar-refractivity contribution in [2.24, 2.45) is 7.05 Å². The van der Waals surface area contributed by atoms with Gasteiger partial charge in [-0.05, 0) is 44.0 Å². The summed E-state index contributed by atoms with van der Waals surface area (Å²) < 4.78 is 15.0. The van der Waals surface area contributed by atoms with Crippen molar-refractivity contribution < 1.29 is 9.18 Å². The van der Waals surface area contributed by atoms with Crippen molar-refractivity contribution in [1.29, 1.82) is 0 Å². The minimum Gasteiger partial charge on any atom is -0.307 e. The maximum absolute atomic E-state index is 13.3. The van der Waals surface area contributed by atoms with Gasteiger partial charge in [-0.3, -0.25) is 14.3 Å². The van der Waals surface area contributed by atoms with Crippen molar-refractivity contribution in [3.8, 4) is 11.3 Å². The summed E-state index contributed by atoms with van der Waals surface area (Å²) in [5, 5.41) is 10.2. The molecule has 0 spiro atoms. The average molecular weight is 460 g/mol. The molecule has 0 aliphatic rings. The number of anilines is 1. The molecule has 160 valence electrons. The Bertz CT molecular complexity index is 1370. The highest BCUT2D eigenvalue weighted by molar-refractivity contribution is 7.14. The molecule has 7 nitrogen and oxygen atoms in total. The van der Waals surface area contributed by atoms with Gasteiger partial charge in [0.05, 0.1) is 16.4 Å². The fourth-order valence-corrected chi connectivity index (χ4v) is 4.51. The third-order valence-electron chi connectivity index (χ3n) is 5.12. The van der Waals surface area contributed by atoms with Crippen LogP contribution in [-0.4, -0.2) is 25.7 Å². The van der Waals surface area contributed by atoms with E-state index in [1.54, 1.807) is 23.2 Å². The smallest absolute Gasteiger partial charge is 0.253 e. The number of aryl methyl sites for hydroxylation is 3. The summed E-state index contributed by atoms with van der Waals surface area (Å²) in [4.78, 5) is 32.2. The Kier molecular flexibility index (Phi) is 5.63. The molecule has 3 heterocycles. The summed E-state index contributed by atoms with van der Waals surface area (Å²) in [6, 6.07) is 4.34. The zero-order chi connectivity index (χ0) is 22.3. The number of aromatic amines is 1. The SMILES string of the molecule is Cc1nn(C)c2[nH]c(=O)c(CCC(=O)Nc3nc(-c4ccc(F)c(Cl)c4)cs3)c(C)c12. The number of thiazole rings is 1. The zero-order valence-corrected chi connectivity index (χ0v) is 18.6. The summed E-state index contributed by atoms with van der Waals surface area (Å²) in [7, 11) is 1.78. The van der Waals surface area contributed by atoms with Gasteiger partial charge < -0.3 is 10.3 Å². The number of benzene rings is 1. The number of nitrogens with one attached hydrogen (secondary N) is 2. The number of halogens is 2. The molecule has 0 saturated carbocycles. The van der Waals surface area contributed by atoms with Crippen molar-refractivity contribution in [2.45, 2.75) is 26.7 Å². The van der Waals surface area contributed by atoms with Gasteiger partial charge in [0.1, 0.15) is 11.5 Å². The second-order valence-electron chi connectivity index (χ2n) is 7.21. The van der Waals surface area contributed by atoms with Gasteiger partial charge in [0, 0.05) is 35.4 Å². The highest BCUT2D eigenvalue weighted by Crippen LogP contribution is 2.28. The number of amides is 1. The zero-order valence-electron chi connectivity index (χ0n) is 17.0. The molecule has 2 N–H and O–H groups in total. The highest BCUT2D eigenvalue weighted by atomic mass is 35.5. The molecule has 31 heavy (non-hydrogen) atoms. The van der Waals surface area contributed by atoms with Crippen LogP contribution in [0.15, 0.2) is 28.4 Å². The summed E-state index contributed by atoms with van der Waals surface area (Å²) in [5.41, 5.74) is 3.93. The lowest BCUT2D eigenvalue weighted by molar-refractivity contribution is -0.116. The molecule has 0 saturated heterocycles. The maximum atomic E-state index is 13.3. The van der Waals surface area contributed by atoms with Gasteiger partial charge in [0.15, 0.2) is 5.13 Å². The first-order valence-electron chi connectivity index (χ1n) is 9.50. The van der Waals surface area contributed by atoms with Crippen molar-refractivity contribution in [1.82, 2.24) is 19.7 Å². The fourth-order valence-electron chi connectivity index (χ4n) is 3.60. The standard InChI is InChI=1S/C21H19ClFN5O2S/c1-10-13(20(30)26-19-18(10)11(2)27-28(19)3)5-7-17(29)25-21-24-16(9-31-21)12-4-6-15(23)14(22)8-12/h4,6,8-9H,5,7H2,1-3H3,(H,26,30)(H,24,25,29). The average Bonchev–Trinajstić information content (AvgIpc) is 3.28. The number of hydrogen-bond donors (Lipinski definition) is 2. The second kappa shape index (κ2) is 8.24. The van der Waals surface area contributed by atoms with Crippen LogP contribution in [-0.2, 0) is 18.3 Å². The van der Waals surface area contributed by atoms with Gasteiger partial charge in [0.25, 0.3) is 5.56 Å². The first-order chi connectivity index (χ1) is 14.7. The topological polar surface area (TPSA) is 92.7 Å². The number of fused-ring (bicyclic) bond motifs is 1. The van der Waals surface area contributed by atoms with Crippen molar-refractivity contribution in [3.63, 3.8) is 0 Å². The molecule has 4 aromatic rings. The van der Waals surface area contributed by atoms with Crippen LogP contribution in [0.4, 0.5) is 9.52 Å². The Labute approximate surface area is 185 Å². The largest absolute Gasteiger partial charge is 0.307 e. The molecule has 0 bridgehead atoms. The maximum Gasteiger partial charge on any atom is 0.253 e. The molecule has 1 amide bonds. The van der Waals surface area contributed by atoms with Gasteiger partial charge in [0.2, 0.25) is 5.91 Å². The lowest BCUT2D eigenvalue weighted by Gasteiger charge is -2.07. The van der Waals surface area contributed by atoms with E-state index < -0.39 is 5.82 Å². The number of H-pyrrole nitrogens is 1. The quantitative estimate of drug-likeness (QED) is 0.463. The van der Waals surface area contributed by atoms with E-state index in [-0.39, 0.29) is 22.9 Å². The van der Waals surface area contributed by atoms with Gasteiger partial charge in [-0.15, -0.1) is 11.3 Å². The fraction of sp³-hybridized carbons (Fsp3) is 0.238. The summed E-state index contributed by atoms with van der Waals surface area (Å²) in [5.74, 6) is -0.751. The third kappa shape index (κ3) is 4.11. The number of pyridine rings is 1. The summed E-state index contributed by atoms with van der Waals surface area (Å²) >= 11 is 7.08. The first kappa shape index (κ1) is 21.2. The number of hydrogen-bond acceptors (Lipinski definition) is 5. The predicted molar refractivity (Wildman–Crippen MR) is 120 cm³/mol. The minimum absolute atomic E-state index is 0.0116. The molecular weight excluding hydrogens is 441 g/mol. The van der Waals surface area contributed by atoms with Gasteiger partial charge in [-0.1, -0.05) is 11.6 Å². The number of rotatable bonds is 5. The molecule has 1 aromatic carbocycles. The normalized spacial score (nSPS) is 11.3. The minimum atomic E-state index is -0.501. The van der Waals surface area contributed by atoms with Crippen LogP contribution in [0.5, 0.6) is 0 Å². The molecule has 0 aliphatic carbocycles. The van der Waals surface area contributed by atoms with E-state index >= 15 is 0 Å². The lowest BCUT2D eigenvalue weighted by atomic mass is 10.0. The van der Waals surface area contributed by atoms with Crippen LogP contribution in [0.1, 0.15) is 23.2 Å². The molecule has 0 fully saturated rings. The number of nitrogens with zero attached hydrogens (tertiary/aromatic N) is 3. The molecular formula is C21H19ClFN5O2S. The van der Waals surface area contributed by atoms with Crippen LogP contribution in [0.2, 0.25) is 5.02 Å². The van der Waals surface area contributed by atoms with Crippen LogP contribution in [0.25, 0.3) is 22.3 Å². The number of aromatic nitrogens is 4. The van der Waals surface area contributed by atoms with Crippen molar-refractivity contribution >= 4 is 45.0 Å². The monoisotopic (exact) mass is 459 g/mol. The molecule has 0 atom stereocenters. The van der Waals surface area contributed by atoms with Crippen molar-refractivity contribution in [3.05, 3.63) is 61.6 Å². The van der Waals surface area contributed by atoms with E-state index in [1.807, 2.05) is 13.8 Å². The Hall–Kier alpha value is -3.04. The predicted octanol–water partition coefficient (Wildman–Crippen LogP) is 4.37. The van der Waals surface area contributed by atoms with Gasteiger partial charge in [-0.25, -0.2) is 9.37 Å². The highest BCUT2D eigenvalue weighted by Gasteiger charge is 2.16. The Morgan fingerprint density at radius 3 is 2.87 bits per heavy atom. The summed E-state index contributed by atoms with van der Waals surface area (Å²) in [6.45, 7) is 3.76. The van der Waals surface area contributed by atoms with E-state index in [0.717, 1.165) is 16.6 Å². The molecule has 0 unspecified atom stereocenters. The van der Waals surface area contributed by atoms with E-state index in [4.69, 9.17) is 11.6 Å². The van der Waals surface area contributed by atoms with Gasteiger partial charge in [-0.2, -0.15) is 5.10 Å². The Morgan fingerprint density at radius 1 is 1.35 bits per heavy atom. The molecule has 0 aliphatic heterocycles. The lowest BCUT2D eigenvalue weighted by Crippen LogP contribution is -2.19. The molecule has 3 aromatic heterocycles. The number of carbonyl (C=O) groups excluding carboxylic acids is 1. The van der Waals surface area contributed by atoms with E-state index in [0.29, 0.717) is 34.0 Å². The molecule has 4 rings (SSSR count). The first-order valence-corrected chi connectivity index (χ1v) is 10.8. The molecule has 10 heteroatoms. The van der Waals surface area contributed by atoms with Crippen LogP contribution in [0, 0.1) is 19.7 Å².